The maximum atomic E-state index is 12.5. The van der Waals surface area contributed by atoms with Gasteiger partial charge in [0.05, 0.1) is 5.56 Å². The lowest BCUT2D eigenvalue weighted by molar-refractivity contribution is 0.0571. The van der Waals surface area contributed by atoms with Gasteiger partial charge in [0.2, 0.25) is 0 Å². The second-order valence-corrected chi connectivity index (χ2v) is 6.80. The Hall–Kier alpha value is -0.140. The van der Waals surface area contributed by atoms with Gasteiger partial charge in [0.15, 0.2) is 0 Å². The molecule has 2 rings (SSSR count). The van der Waals surface area contributed by atoms with Crippen molar-refractivity contribution in [2.45, 2.75) is 13.0 Å². The fourth-order valence-electron chi connectivity index (χ4n) is 2.06. The molecule has 0 radical (unpaired) electrons. The van der Waals surface area contributed by atoms with Crippen molar-refractivity contribution in [3.8, 4) is 0 Å². The summed E-state index contributed by atoms with van der Waals surface area (Å²) in [6.45, 7) is 4.70. The highest BCUT2D eigenvalue weighted by Gasteiger charge is 2.26. The zero-order chi connectivity index (χ0) is 13.3. The number of carbonyl (C=O) groups excluding carboxylic acids is 1. The molecule has 0 aromatic heterocycles. The zero-order valence-corrected chi connectivity index (χ0v) is 14.2. The van der Waals surface area contributed by atoms with Crippen molar-refractivity contribution in [1.29, 1.82) is 0 Å². The molecular formula is C13H16BrIN2O. The monoisotopic (exact) mass is 422 g/mol. The van der Waals surface area contributed by atoms with Crippen LogP contribution in [0.5, 0.6) is 0 Å². The molecular weight excluding hydrogens is 407 g/mol. The van der Waals surface area contributed by atoms with Crippen LogP contribution in [0.4, 0.5) is 0 Å². The Morgan fingerprint density at radius 2 is 2.17 bits per heavy atom. The molecule has 1 aliphatic heterocycles. The van der Waals surface area contributed by atoms with Crippen molar-refractivity contribution in [1.82, 2.24) is 9.80 Å². The van der Waals surface area contributed by atoms with Crippen LogP contribution in [-0.4, -0.2) is 48.4 Å². The summed E-state index contributed by atoms with van der Waals surface area (Å²) in [7, 11) is 2.11. The smallest absolute Gasteiger partial charge is 0.255 e. The van der Waals surface area contributed by atoms with Crippen LogP contribution in [0.25, 0.3) is 0 Å². The van der Waals surface area contributed by atoms with E-state index in [0.717, 1.165) is 33.2 Å². The van der Waals surface area contributed by atoms with Gasteiger partial charge in [-0.3, -0.25) is 4.79 Å². The third-order valence-corrected chi connectivity index (χ3v) is 4.77. The van der Waals surface area contributed by atoms with Crippen molar-refractivity contribution in [3.63, 3.8) is 0 Å². The molecule has 1 aliphatic rings. The molecule has 1 heterocycles. The van der Waals surface area contributed by atoms with Gasteiger partial charge in [-0.05, 0) is 70.7 Å². The molecule has 1 atom stereocenters. The summed E-state index contributed by atoms with van der Waals surface area (Å²) in [5.74, 6) is 0.125. The average molecular weight is 423 g/mol. The van der Waals surface area contributed by atoms with Crippen molar-refractivity contribution in [2.75, 3.05) is 26.7 Å². The Labute approximate surface area is 130 Å². The lowest BCUT2D eigenvalue weighted by Gasteiger charge is -2.37. The van der Waals surface area contributed by atoms with Crippen molar-refractivity contribution < 1.29 is 4.79 Å². The van der Waals surface area contributed by atoms with Gasteiger partial charge >= 0.3 is 0 Å². The Morgan fingerprint density at radius 3 is 2.83 bits per heavy atom. The highest BCUT2D eigenvalue weighted by atomic mass is 127. The summed E-state index contributed by atoms with van der Waals surface area (Å²) >= 11 is 5.70. The Balaban J connectivity index is 2.19. The SMILES string of the molecule is CC1CN(C(=O)c2cc(I)ccc2Br)CCN1C. The van der Waals surface area contributed by atoms with E-state index in [1.165, 1.54) is 0 Å². The normalized spacial score (nSPS) is 21.1. The van der Waals surface area contributed by atoms with Crippen LogP contribution in [0, 0.1) is 3.57 Å². The average Bonchev–Trinajstić information content (AvgIpc) is 2.35. The standard InChI is InChI=1S/C13H16BrIN2O/c1-9-8-17(6-5-16(9)2)13(18)11-7-10(15)3-4-12(11)14/h3-4,7,9H,5-6,8H2,1-2H3. The fourth-order valence-corrected chi connectivity index (χ4v) is 2.97. The Kier molecular flexibility index (Phi) is 4.66. The van der Waals surface area contributed by atoms with Gasteiger partial charge in [-0.2, -0.15) is 0 Å². The van der Waals surface area contributed by atoms with E-state index in [-0.39, 0.29) is 5.91 Å². The number of hydrogen-bond acceptors (Lipinski definition) is 2. The first-order valence-corrected chi connectivity index (χ1v) is 7.81. The molecule has 0 saturated carbocycles. The highest BCUT2D eigenvalue weighted by molar-refractivity contribution is 14.1. The van der Waals surface area contributed by atoms with Crippen LogP contribution in [-0.2, 0) is 0 Å². The van der Waals surface area contributed by atoms with Gasteiger partial charge < -0.3 is 9.80 Å². The summed E-state index contributed by atoms with van der Waals surface area (Å²) in [6, 6.07) is 6.29. The first kappa shape index (κ1) is 14.3. The van der Waals surface area contributed by atoms with Crippen LogP contribution >= 0.6 is 38.5 Å². The maximum absolute atomic E-state index is 12.5. The number of nitrogens with zero attached hydrogens (tertiary/aromatic N) is 2. The Morgan fingerprint density at radius 1 is 1.44 bits per heavy atom. The number of amides is 1. The molecule has 0 aliphatic carbocycles. The Bertz CT molecular complexity index is 466. The zero-order valence-electron chi connectivity index (χ0n) is 10.5. The minimum Gasteiger partial charge on any atom is -0.336 e. The largest absolute Gasteiger partial charge is 0.336 e. The van der Waals surface area contributed by atoms with E-state index in [0.29, 0.717) is 6.04 Å². The number of piperazine rings is 1. The highest BCUT2D eigenvalue weighted by Crippen LogP contribution is 2.22. The molecule has 5 heteroatoms. The lowest BCUT2D eigenvalue weighted by atomic mass is 10.1. The van der Waals surface area contributed by atoms with Crippen molar-refractivity contribution in [3.05, 3.63) is 31.8 Å². The van der Waals surface area contributed by atoms with E-state index in [4.69, 9.17) is 0 Å². The van der Waals surface area contributed by atoms with Gasteiger partial charge in [0.25, 0.3) is 5.91 Å². The van der Waals surface area contributed by atoms with E-state index in [1.807, 2.05) is 23.1 Å². The molecule has 3 nitrogen and oxygen atoms in total. The van der Waals surface area contributed by atoms with Gasteiger partial charge in [-0.25, -0.2) is 0 Å². The molecule has 0 spiro atoms. The minimum absolute atomic E-state index is 0.125. The number of rotatable bonds is 1. The molecule has 18 heavy (non-hydrogen) atoms. The van der Waals surface area contributed by atoms with Gasteiger partial charge in [0.1, 0.15) is 0 Å². The third-order valence-electron chi connectivity index (χ3n) is 3.41. The topological polar surface area (TPSA) is 23.6 Å². The van der Waals surface area contributed by atoms with Crippen molar-refractivity contribution >= 4 is 44.4 Å². The molecule has 0 N–H and O–H groups in total. The van der Waals surface area contributed by atoms with Gasteiger partial charge in [0, 0.05) is 33.7 Å². The van der Waals surface area contributed by atoms with Crippen LogP contribution in [0.1, 0.15) is 17.3 Å². The number of benzene rings is 1. The van der Waals surface area contributed by atoms with E-state index >= 15 is 0 Å². The van der Waals surface area contributed by atoms with E-state index in [9.17, 15) is 4.79 Å². The second-order valence-electron chi connectivity index (χ2n) is 4.70. The molecule has 1 aromatic carbocycles. The number of carbonyl (C=O) groups is 1. The molecule has 0 bridgehead atoms. The van der Waals surface area contributed by atoms with Crippen molar-refractivity contribution in [2.24, 2.45) is 0 Å². The van der Waals surface area contributed by atoms with Crippen LogP contribution in [0.15, 0.2) is 22.7 Å². The van der Waals surface area contributed by atoms with Gasteiger partial charge in [-0.15, -0.1) is 0 Å². The molecule has 1 amide bonds. The maximum Gasteiger partial charge on any atom is 0.255 e. The molecule has 1 fully saturated rings. The van der Waals surface area contributed by atoms with Gasteiger partial charge in [-0.1, -0.05) is 0 Å². The first-order chi connectivity index (χ1) is 8.49. The molecule has 1 unspecified atom stereocenters. The summed E-state index contributed by atoms with van der Waals surface area (Å²) < 4.78 is 1.96. The van der Waals surface area contributed by atoms with Crippen LogP contribution in [0.3, 0.4) is 0 Å². The number of halogens is 2. The summed E-state index contributed by atoms with van der Waals surface area (Å²) in [4.78, 5) is 16.7. The molecule has 1 saturated heterocycles. The second kappa shape index (κ2) is 5.88. The van der Waals surface area contributed by atoms with E-state index in [2.05, 4.69) is 57.4 Å². The number of hydrogen-bond donors (Lipinski definition) is 0. The lowest BCUT2D eigenvalue weighted by Crippen LogP contribution is -2.52. The quantitative estimate of drug-likeness (QED) is 0.649. The first-order valence-electron chi connectivity index (χ1n) is 5.93. The summed E-state index contributed by atoms with van der Waals surface area (Å²) in [5.41, 5.74) is 0.763. The molecule has 1 aromatic rings. The fraction of sp³-hybridized carbons (Fsp3) is 0.462. The van der Waals surface area contributed by atoms with Crippen LogP contribution < -0.4 is 0 Å². The van der Waals surface area contributed by atoms with E-state index < -0.39 is 0 Å². The van der Waals surface area contributed by atoms with E-state index in [1.54, 1.807) is 0 Å². The summed E-state index contributed by atoms with van der Waals surface area (Å²) in [6.07, 6.45) is 0. The minimum atomic E-state index is 0.125. The molecule has 98 valence electrons. The predicted octanol–water partition coefficient (Wildman–Crippen LogP) is 2.83. The number of likely N-dealkylation sites (N-methyl/N-ethyl adjacent to an activating group) is 1. The van der Waals surface area contributed by atoms with Crippen LogP contribution in [0.2, 0.25) is 0 Å². The predicted molar refractivity (Wildman–Crippen MR) is 84.9 cm³/mol. The third kappa shape index (κ3) is 3.05. The summed E-state index contributed by atoms with van der Waals surface area (Å²) in [5, 5.41) is 0.